The maximum Gasteiger partial charge on any atom is 0.341 e. The van der Waals surface area contributed by atoms with Crippen molar-refractivity contribution in [1.82, 2.24) is 0 Å². The van der Waals surface area contributed by atoms with Crippen LogP contribution < -0.4 is 4.74 Å². The van der Waals surface area contributed by atoms with Crippen molar-refractivity contribution in [1.29, 1.82) is 0 Å². The molecule has 2 aromatic carbocycles. The number of carbonyl (C=O) groups excluding carboxylic acids is 1. The summed E-state index contributed by atoms with van der Waals surface area (Å²) < 4.78 is 10.4. The number of aliphatic carboxylic acids is 1. The van der Waals surface area contributed by atoms with Gasteiger partial charge < -0.3 is 14.6 Å². The van der Waals surface area contributed by atoms with Crippen LogP contribution in [0, 0.1) is 0 Å². The molecule has 0 unspecified atom stereocenters. The molecule has 0 aromatic heterocycles. The van der Waals surface area contributed by atoms with Gasteiger partial charge in [-0.05, 0) is 49.6 Å². The molecule has 5 heteroatoms. The molecule has 0 amide bonds. The summed E-state index contributed by atoms with van der Waals surface area (Å²) >= 11 is 0. The van der Waals surface area contributed by atoms with E-state index in [1.54, 1.807) is 12.1 Å². The Morgan fingerprint density at radius 3 is 1.92 bits per heavy atom. The SMILES string of the molecule is C=C(C(=O)OC(C)(C)C)c1ccc(-c2ccc(OCC(=O)O)cc2)cc1. The number of carboxylic acid groups (broad SMARTS) is 1. The molecular weight excluding hydrogens is 332 g/mol. The van der Waals surface area contributed by atoms with Crippen LogP contribution in [0.1, 0.15) is 26.3 Å². The highest BCUT2D eigenvalue weighted by Gasteiger charge is 2.19. The number of benzene rings is 2. The van der Waals surface area contributed by atoms with Crippen LogP contribution >= 0.6 is 0 Å². The zero-order valence-electron chi connectivity index (χ0n) is 15.1. The highest BCUT2D eigenvalue weighted by Crippen LogP contribution is 2.25. The molecule has 26 heavy (non-hydrogen) atoms. The third-order valence-electron chi connectivity index (χ3n) is 3.43. The fourth-order valence-electron chi connectivity index (χ4n) is 2.21. The molecule has 1 N–H and O–H groups in total. The monoisotopic (exact) mass is 354 g/mol. The summed E-state index contributed by atoms with van der Waals surface area (Å²) in [5.74, 6) is -0.967. The van der Waals surface area contributed by atoms with Crippen LogP contribution in [0.4, 0.5) is 0 Å². The fourth-order valence-corrected chi connectivity index (χ4v) is 2.21. The van der Waals surface area contributed by atoms with Crippen molar-refractivity contribution in [3.05, 3.63) is 60.7 Å². The first-order valence-corrected chi connectivity index (χ1v) is 8.13. The van der Waals surface area contributed by atoms with Crippen LogP contribution in [-0.2, 0) is 14.3 Å². The molecule has 0 aliphatic heterocycles. The van der Waals surface area contributed by atoms with Crippen molar-refractivity contribution in [2.45, 2.75) is 26.4 Å². The van der Waals surface area contributed by atoms with E-state index in [0.717, 1.165) is 11.1 Å². The molecule has 0 saturated carbocycles. The van der Waals surface area contributed by atoms with Gasteiger partial charge in [0, 0.05) is 0 Å². The maximum absolute atomic E-state index is 12.1. The van der Waals surface area contributed by atoms with Gasteiger partial charge >= 0.3 is 11.9 Å². The largest absolute Gasteiger partial charge is 0.482 e. The highest BCUT2D eigenvalue weighted by molar-refractivity contribution is 6.15. The first kappa shape index (κ1) is 19.2. The van der Waals surface area contributed by atoms with Crippen LogP contribution in [0.25, 0.3) is 16.7 Å². The quantitative estimate of drug-likeness (QED) is 0.622. The zero-order chi connectivity index (χ0) is 19.3. The van der Waals surface area contributed by atoms with E-state index in [2.05, 4.69) is 6.58 Å². The Bertz CT molecular complexity index is 796. The number of ether oxygens (including phenoxy) is 2. The second-order valence-corrected chi connectivity index (χ2v) is 6.76. The number of esters is 1. The predicted molar refractivity (Wildman–Crippen MR) is 99.9 cm³/mol. The van der Waals surface area contributed by atoms with E-state index in [4.69, 9.17) is 14.6 Å². The molecule has 0 spiro atoms. The van der Waals surface area contributed by atoms with Crippen LogP contribution in [-0.4, -0.2) is 29.3 Å². The Morgan fingerprint density at radius 2 is 1.46 bits per heavy atom. The van der Waals surface area contributed by atoms with Gasteiger partial charge in [0.2, 0.25) is 0 Å². The molecule has 0 fully saturated rings. The molecule has 0 saturated heterocycles. The lowest BCUT2D eigenvalue weighted by Gasteiger charge is -2.20. The minimum absolute atomic E-state index is 0.309. The van der Waals surface area contributed by atoms with Crippen molar-refractivity contribution < 1.29 is 24.2 Å². The fraction of sp³-hybridized carbons (Fsp3) is 0.238. The van der Waals surface area contributed by atoms with Gasteiger partial charge in [-0.1, -0.05) is 43.0 Å². The average molecular weight is 354 g/mol. The number of rotatable bonds is 6. The second-order valence-electron chi connectivity index (χ2n) is 6.76. The van der Waals surface area contributed by atoms with Crippen molar-refractivity contribution in [3.63, 3.8) is 0 Å². The van der Waals surface area contributed by atoms with Crippen molar-refractivity contribution >= 4 is 17.5 Å². The number of hydrogen-bond acceptors (Lipinski definition) is 4. The average Bonchev–Trinajstić information content (AvgIpc) is 2.58. The summed E-state index contributed by atoms with van der Waals surface area (Å²) in [5.41, 5.74) is 2.34. The van der Waals surface area contributed by atoms with Crippen molar-refractivity contribution in [2.24, 2.45) is 0 Å². The maximum atomic E-state index is 12.1. The lowest BCUT2D eigenvalue weighted by atomic mass is 10.0. The van der Waals surface area contributed by atoms with Crippen molar-refractivity contribution in [3.8, 4) is 16.9 Å². The zero-order valence-corrected chi connectivity index (χ0v) is 15.1. The normalized spacial score (nSPS) is 10.9. The van der Waals surface area contributed by atoms with Gasteiger partial charge in [0.25, 0.3) is 0 Å². The minimum atomic E-state index is -1.02. The number of hydrogen-bond donors (Lipinski definition) is 1. The number of carboxylic acids is 1. The van der Waals surface area contributed by atoms with Crippen LogP contribution in [0.2, 0.25) is 0 Å². The van der Waals surface area contributed by atoms with Gasteiger partial charge in [-0.3, -0.25) is 0 Å². The van der Waals surface area contributed by atoms with E-state index in [9.17, 15) is 9.59 Å². The summed E-state index contributed by atoms with van der Waals surface area (Å²) in [5, 5.41) is 8.61. The van der Waals surface area contributed by atoms with Gasteiger partial charge in [0.15, 0.2) is 6.61 Å². The van der Waals surface area contributed by atoms with E-state index >= 15 is 0 Å². The third kappa shape index (κ3) is 5.48. The summed E-state index contributed by atoms with van der Waals surface area (Å²) in [4.78, 5) is 22.6. The van der Waals surface area contributed by atoms with Gasteiger partial charge in [0.1, 0.15) is 11.4 Å². The van der Waals surface area contributed by atoms with E-state index in [0.29, 0.717) is 16.9 Å². The molecule has 0 aliphatic rings. The minimum Gasteiger partial charge on any atom is -0.482 e. The van der Waals surface area contributed by atoms with Gasteiger partial charge in [-0.25, -0.2) is 9.59 Å². The van der Waals surface area contributed by atoms with Crippen LogP contribution in [0.5, 0.6) is 5.75 Å². The standard InChI is InChI=1S/C21H22O5/c1-14(20(24)26-21(2,3)4)15-5-7-16(8-6-15)17-9-11-18(12-10-17)25-13-19(22)23/h5-12H,1,13H2,2-4H3,(H,22,23). The van der Waals surface area contributed by atoms with Gasteiger partial charge in [-0.2, -0.15) is 0 Å². The lowest BCUT2D eigenvalue weighted by Crippen LogP contribution is -2.24. The molecule has 0 atom stereocenters. The summed E-state index contributed by atoms with van der Waals surface area (Å²) in [7, 11) is 0. The van der Waals surface area contributed by atoms with Gasteiger partial charge in [0.05, 0.1) is 5.57 Å². The predicted octanol–water partition coefficient (Wildman–Crippen LogP) is 4.17. The molecule has 5 nitrogen and oxygen atoms in total. The molecule has 0 radical (unpaired) electrons. The van der Waals surface area contributed by atoms with Crippen molar-refractivity contribution in [2.75, 3.05) is 6.61 Å². The first-order chi connectivity index (χ1) is 12.2. The molecule has 2 aromatic rings. The van der Waals surface area contributed by atoms with Gasteiger partial charge in [-0.15, -0.1) is 0 Å². The second kappa shape index (κ2) is 7.87. The Labute approximate surface area is 152 Å². The third-order valence-corrected chi connectivity index (χ3v) is 3.43. The summed E-state index contributed by atoms with van der Waals surface area (Å²) in [6.07, 6.45) is 0. The van der Waals surface area contributed by atoms with Crippen LogP contribution in [0.3, 0.4) is 0 Å². The van der Waals surface area contributed by atoms with Crippen LogP contribution in [0.15, 0.2) is 55.1 Å². The molecule has 2 rings (SSSR count). The Balaban J connectivity index is 2.08. The molecule has 0 heterocycles. The lowest BCUT2D eigenvalue weighted by molar-refractivity contribution is -0.147. The Hall–Kier alpha value is -3.08. The Kier molecular flexibility index (Phi) is 5.82. The molecular formula is C21H22O5. The van der Waals surface area contributed by atoms with E-state index in [1.165, 1.54) is 0 Å². The summed E-state index contributed by atoms with van der Waals surface area (Å²) in [6.45, 7) is 8.88. The van der Waals surface area contributed by atoms with E-state index in [1.807, 2.05) is 57.2 Å². The molecule has 136 valence electrons. The topological polar surface area (TPSA) is 72.8 Å². The summed E-state index contributed by atoms with van der Waals surface area (Å²) in [6, 6.07) is 14.5. The van der Waals surface area contributed by atoms with E-state index < -0.39 is 17.5 Å². The Morgan fingerprint density at radius 1 is 0.962 bits per heavy atom. The first-order valence-electron chi connectivity index (χ1n) is 8.13. The highest BCUT2D eigenvalue weighted by atomic mass is 16.6. The molecule has 0 bridgehead atoms. The number of carbonyl (C=O) groups is 2. The molecule has 0 aliphatic carbocycles. The van der Waals surface area contributed by atoms with E-state index in [-0.39, 0.29) is 6.61 Å². The smallest absolute Gasteiger partial charge is 0.341 e.